The first-order chi connectivity index (χ1) is 20.3. The number of ether oxygens (including phenoxy) is 1. The van der Waals surface area contributed by atoms with E-state index in [0.29, 0.717) is 18.1 Å². The molecular weight excluding hydrogens is 656 g/mol. The highest BCUT2D eigenvalue weighted by Gasteiger charge is 2.30. The lowest BCUT2D eigenvalue weighted by Crippen LogP contribution is -2.31. The molecule has 0 aliphatic carbocycles. The summed E-state index contributed by atoms with van der Waals surface area (Å²) in [4.78, 5) is 19.5. The second-order valence-corrected chi connectivity index (χ2v) is 10.6. The Morgan fingerprint density at radius 3 is 2.40 bits per heavy atom. The Morgan fingerprint density at radius 2 is 1.78 bits per heavy atom. The summed E-state index contributed by atoms with van der Waals surface area (Å²) in [5, 5.41) is 18.5. The van der Waals surface area contributed by atoms with E-state index in [4.69, 9.17) is 21.4 Å². The average Bonchev–Trinajstić information content (AvgIpc) is 3.34. The summed E-state index contributed by atoms with van der Waals surface area (Å²) in [6.45, 7) is 10.2. The molecule has 9 nitrogen and oxygen atoms in total. The van der Waals surface area contributed by atoms with Crippen LogP contribution in [0.25, 0.3) is 11.0 Å². The molecule has 4 rings (SSSR count). The van der Waals surface area contributed by atoms with E-state index in [-0.39, 0.29) is 53.7 Å². The van der Waals surface area contributed by atoms with E-state index in [0.717, 1.165) is 42.8 Å². The zero-order valence-electron chi connectivity index (χ0n) is 25.2. The molecule has 2 aromatic heterocycles. The summed E-state index contributed by atoms with van der Waals surface area (Å²) >= 11 is 6.35. The summed E-state index contributed by atoms with van der Waals surface area (Å²) in [6.07, 6.45) is -0.849. The maximum absolute atomic E-state index is 12.9. The van der Waals surface area contributed by atoms with E-state index < -0.39 is 17.3 Å². The molecule has 15 heteroatoms. The number of likely N-dealkylation sites (N-methyl/N-ethyl adjacent to an activating group) is 1. The molecule has 0 aliphatic heterocycles. The molecule has 2 heterocycles. The number of hydrogen-bond acceptors (Lipinski definition) is 7. The molecule has 0 aliphatic rings. The van der Waals surface area contributed by atoms with Crippen molar-refractivity contribution in [2.75, 3.05) is 25.0 Å². The first-order valence-electron chi connectivity index (χ1n) is 13.7. The number of fused-ring (bicyclic) bond motifs is 1. The molecule has 2 aromatic carbocycles. The van der Waals surface area contributed by atoms with Crippen molar-refractivity contribution < 1.29 is 27.8 Å². The van der Waals surface area contributed by atoms with Crippen LogP contribution in [-0.2, 0) is 17.5 Å². The monoisotopic (exact) mass is 692 g/mol. The third-order valence-electron chi connectivity index (χ3n) is 5.88. The van der Waals surface area contributed by atoms with Crippen LogP contribution < -0.4 is 20.7 Å². The predicted molar refractivity (Wildman–Crippen MR) is 176 cm³/mol. The zero-order chi connectivity index (χ0) is 31.6. The maximum Gasteiger partial charge on any atom is 0.416 e. The van der Waals surface area contributed by atoms with Gasteiger partial charge in [0.25, 0.3) is 0 Å². The van der Waals surface area contributed by atoms with Crippen molar-refractivity contribution in [3.8, 4) is 11.5 Å². The number of benzene rings is 2. The number of nitrogens with zero attached hydrogens (tertiary/aromatic N) is 3. The summed E-state index contributed by atoms with van der Waals surface area (Å²) in [5.74, 6) is 0.797. The van der Waals surface area contributed by atoms with Gasteiger partial charge in [0.05, 0.1) is 28.1 Å². The number of carbonyl (C=O) groups excluding carboxylic acids is 1. The smallest absolute Gasteiger partial charge is 0.416 e. The van der Waals surface area contributed by atoms with E-state index in [1.807, 2.05) is 26.1 Å². The van der Waals surface area contributed by atoms with Gasteiger partial charge in [-0.25, -0.2) is 9.97 Å². The highest BCUT2D eigenvalue weighted by molar-refractivity contribution is 6.32. The van der Waals surface area contributed by atoms with Crippen molar-refractivity contribution in [3.05, 3.63) is 71.6 Å². The Balaban J connectivity index is 0.000000733. The number of halogens is 6. The van der Waals surface area contributed by atoms with Gasteiger partial charge >= 0.3 is 6.18 Å². The van der Waals surface area contributed by atoms with E-state index >= 15 is 0 Å². The molecule has 0 unspecified atom stereocenters. The molecule has 0 saturated heterocycles. The minimum atomic E-state index is -4.45. The lowest BCUT2D eigenvalue weighted by atomic mass is 10.1. The minimum Gasteiger partial charge on any atom is -0.456 e. The fraction of sp³-hybridized carbons (Fsp3) is 0.367. The number of rotatable bonds is 11. The number of anilines is 2. The third kappa shape index (κ3) is 12.6. The van der Waals surface area contributed by atoms with Crippen LogP contribution in [0.3, 0.4) is 0 Å². The van der Waals surface area contributed by atoms with E-state index in [1.165, 1.54) is 18.5 Å². The van der Waals surface area contributed by atoms with Crippen molar-refractivity contribution >= 4 is 64.9 Å². The van der Waals surface area contributed by atoms with Gasteiger partial charge in [-0.1, -0.05) is 24.6 Å². The summed E-state index contributed by atoms with van der Waals surface area (Å²) < 4.78 is 46.5. The first-order valence-corrected chi connectivity index (χ1v) is 14.1. The molecule has 0 radical (unpaired) electrons. The van der Waals surface area contributed by atoms with Gasteiger partial charge in [0.2, 0.25) is 5.91 Å². The third-order valence-corrected chi connectivity index (χ3v) is 6.18. The lowest BCUT2D eigenvalue weighted by Gasteiger charge is -2.15. The van der Waals surface area contributed by atoms with Crippen LogP contribution in [0.4, 0.5) is 24.7 Å². The second kappa shape index (κ2) is 18.0. The predicted octanol–water partition coefficient (Wildman–Crippen LogP) is 7.38. The SMILES string of the molecule is CCNC(=O)CC(C)(C)O.CCNCCn1ccc2ncnc(Nc3ccc(Oc4cccc(C(F)(F)F)c4)c(Cl)c3)c21.Cl.Cl. The van der Waals surface area contributed by atoms with Crippen LogP contribution in [0, 0.1) is 0 Å². The van der Waals surface area contributed by atoms with E-state index in [1.54, 1.807) is 32.0 Å². The van der Waals surface area contributed by atoms with E-state index in [2.05, 4.69) is 30.5 Å². The molecule has 0 fully saturated rings. The molecule has 1 amide bonds. The van der Waals surface area contributed by atoms with Gasteiger partial charge in [0.1, 0.15) is 23.3 Å². The van der Waals surface area contributed by atoms with Crippen LogP contribution in [0.1, 0.15) is 39.7 Å². The second-order valence-electron chi connectivity index (χ2n) is 10.2. The molecule has 0 saturated carbocycles. The Bertz CT molecular complexity index is 1510. The summed E-state index contributed by atoms with van der Waals surface area (Å²) in [7, 11) is 0. The summed E-state index contributed by atoms with van der Waals surface area (Å²) in [5.41, 5.74) is 0.629. The molecule has 248 valence electrons. The van der Waals surface area contributed by atoms with Gasteiger partial charge in [-0.3, -0.25) is 4.79 Å². The molecular formula is C30H38Cl3F3N6O3. The topological polar surface area (TPSA) is 113 Å². The lowest BCUT2D eigenvalue weighted by molar-refractivity contribution is -0.137. The first kappa shape index (κ1) is 39.7. The Hall–Kier alpha value is -3.29. The van der Waals surface area contributed by atoms with Crippen molar-refractivity contribution in [2.45, 2.75) is 52.4 Å². The van der Waals surface area contributed by atoms with Gasteiger partial charge in [-0.05, 0) is 69.8 Å². The molecule has 45 heavy (non-hydrogen) atoms. The van der Waals surface area contributed by atoms with Gasteiger partial charge in [-0.15, -0.1) is 24.8 Å². The Morgan fingerprint density at radius 1 is 1.04 bits per heavy atom. The number of hydrogen-bond donors (Lipinski definition) is 4. The molecule has 0 bridgehead atoms. The highest BCUT2D eigenvalue weighted by Crippen LogP contribution is 2.36. The van der Waals surface area contributed by atoms with E-state index in [9.17, 15) is 18.0 Å². The van der Waals surface area contributed by atoms with Gasteiger partial charge in [0.15, 0.2) is 5.82 Å². The number of amides is 1. The average molecular weight is 694 g/mol. The largest absolute Gasteiger partial charge is 0.456 e. The van der Waals surface area contributed by atoms with Crippen LogP contribution >= 0.6 is 36.4 Å². The van der Waals surface area contributed by atoms with Gasteiger partial charge < -0.3 is 30.4 Å². The van der Waals surface area contributed by atoms with Crippen molar-refractivity contribution in [1.29, 1.82) is 0 Å². The quantitative estimate of drug-likeness (QED) is 0.121. The minimum absolute atomic E-state index is 0. The normalized spacial score (nSPS) is 11.0. The van der Waals surface area contributed by atoms with Crippen LogP contribution in [0.15, 0.2) is 61.1 Å². The van der Waals surface area contributed by atoms with Crippen molar-refractivity contribution in [3.63, 3.8) is 0 Å². The number of carbonyl (C=O) groups is 1. The number of aromatic nitrogens is 3. The fourth-order valence-electron chi connectivity index (χ4n) is 4.00. The highest BCUT2D eigenvalue weighted by atomic mass is 35.5. The number of alkyl halides is 3. The van der Waals surface area contributed by atoms with Crippen LogP contribution in [0.5, 0.6) is 11.5 Å². The summed E-state index contributed by atoms with van der Waals surface area (Å²) in [6, 6.07) is 11.5. The molecule has 4 aromatic rings. The number of aliphatic hydroxyl groups is 1. The van der Waals surface area contributed by atoms with Gasteiger partial charge in [-0.2, -0.15) is 13.2 Å². The van der Waals surface area contributed by atoms with Crippen LogP contribution in [0.2, 0.25) is 5.02 Å². The molecule has 0 spiro atoms. The van der Waals surface area contributed by atoms with Crippen molar-refractivity contribution in [1.82, 2.24) is 25.2 Å². The fourth-order valence-corrected chi connectivity index (χ4v) is 4.22. The molecule has 4 N–H and O–H groups in total. The zero-order valence-corrected chi connectivity index (χ0v) is 27.6. The molecule has 0 atom stereocenters. The number of nitrogens with one attached hydrogen (secondary N) is 3. The van der Waals surface area contributed by atoms with Crippen molar-refractivity contribution in [2.24, 2.45) is 0 Å². The standard InChI is InChI=1S/C23H21ClF3N5O.C7H15NO2.2ClH/c1-2-28-9-11-32-10-8-19-21(32)22(30-14-29-19)31-16-6-7-20(18(24)13-16)33-17-5-3-4-15(12-17)23(25,26)27;1-4-8-6(9)5-7(2,3)10;;/h3-8,10,12-14,28H,2,9,11H2,1H3,(H,29,30,31);10H,4-5H2,1-3H3,(H,8,9);2*1H. The Kier molecular flexibility index (Phi) is 15.9. The Labute approximate surface area is 277 Å². The maximum atomic E-state index is 12.9. The van der Waals surface area contributed by atoms with Crippen LogP contribution in [-0.4, -0.2) is 50.8 Å². The van der Waals surface area contributed by atoms with Gasteiger partial charge in [0, 0.05) is 31.5 Å².